The van der Waals surface area contributed by atoms with Crippen LogP contribution in [0, 0.1) is 6.92 Å². The molecule has 0 radical (unpaired) electrons. The first-order chi connectivity index (χ1) is 12.2. The van der Waals surface area contributed by atoms with Crippen molar-refractivity contribution in [3.05, 3.63) is 82.7 Å². The van der Waals surface area contributed by atoms with Gasteiger partial charge in [0.25, 0.3) is 5.56 Å². The van der Waals surface area contributed by atoms with E-state index in [2.05, 4.69) is 38.6 Å². The van der Waals surface area contributed by atoms with Crippen molar-refractivity contribution in [2.75, 3.05) is 0 Å². The van der Waals surface area contributed by atoms with Crippen LogP contribution in [0.1, 0.15) is 11.4 Å². The van der Waals surface area contributed by atoms with E-state index < -0.39 is 0 Å². The third-order valence-electron chi connectivity index (χ3n) is 3.98. The summed E-state index contributed by atoms with van der Waals surface area (Å²) in [7, 11) is 0. The molecule has 4 rings (SSSR count). The number of aryl methyl sites for hydroxylation is 1. The Balaban J connectivity index is 1.62. The second-order valence-corrected chi connectivity index (χ2v) is 6.63. The van der Waals surface area contributed by atoms with Gasteiger partial charge >= 0.3 is 0 Å². The number of aromatic amines is 1. The Morgan fingerprint density at radius 3 is 2.80 bits per heavy atom. The minimum atomic E-state index is -0.108. The van der Waals surface area contributed by atoms with Crippen molar-refractivity contribution in [2.24, 2.45) is 0 Å². The van der Waals surface area contributed by atoms with Gasteiger partial charge < -0.3 is 4.98 Å². The molecule has 0 amide bonds. The summed E-state index contributed by atoms with van der Waals surface area (Å²) >= 11 is 1.55. The van der Waals surface area contributed by atoms with Crippen molar-refractivity contribution in [3.8, 4) is 5.69 Å². The fourth-order valence-corrected chi connectivity index (χ4v) is 3.59. The molecule has 0 bridgehead atoms. The van der Waals surface area contributed by atoms with E-state index in [1.165, 1.54) is 5.56 Å². The maximum atomic E-state index is 12.2. The molecule has 5 nitrogen and oxygen atoms in total. The Morgan fingerprint density at radius 2 is 1.92 bits per heavy atom. The number of aromatic nitrogens is 4. The zero-order chi connectivity index (χ0) is 17.2. The molecule has 0 unspecified atom stereocenters. The molecule has 25 heavy (non-hydrogen) atoms. The summed E-state index contributed by atoms with van der Waals surface area (Å²) in [6.07, 6.45) is 3.73. The molecular weight excluding hydrogens is 332 g/mol. The van der Waals surface area contributed by atoms with Crippen molar-refractivity contribution in [3.63, 3.8) is 0 Å². The summed E-state index contributed by atoms with van der Waals surface area (Å²) in [6.45, 7) is 2.08. The van der Waals surface area contributed by atoms with E-state index in [1.54, 1.807) is 24.0 Å². The van der Waals surface area contributed by atoms with E-state index in [-0.39, 0.29) is 5.56 Å². The summed E-state index contributed by atoms with van der Waals surface area (Å²) in [5, 5.41) is 1.47. The predicted octanol–water partition coefficient (Wildman–Crippen LogP) is 3.71. The summed E-state index contributed by atoms with van der Waals surface area (Å²) in [4.78, 5) is 24.0. The van der Waals surface area contributed by atoms with Crippen LogP contribution in [0.2, 0.25) is 0 Å². The Kier molecular flexibility index (Phi) is 4.11. The van der Waals surface area contributed by atoms with Gasteiger partial charge in [0.2, 0.25) is 0 Å². The third-order valence-corrected chi connectivity index (χ3v) is 4.96. The molecule has 0 fully saturated rings. The molecule has 124 valence electrons. The van der Waals surface area contributed by atoms with Gasteiger partial charge in [-0.3, -0.25) is 9.36 Å². The number of imidazole rings is 1. The van der Waals surface area contributed by atoms with E-state index in [9.17, 15) is 4.79 Å². The van der Waals surface area contributed by atoms with Gasteiger partial charge in [0.15, 0.2) is 5.16 Å². The average molecular weight is 348 g/mol. The molecule has 0 aliphatic carbocycles. The van der Waals surface area contributed by atoms with Crippen LogP contribution in [0.3, 0.4) is 0 Å². The zero-order valence-corrected chi connectivity index (χ0v) is 14.5. The predicted molar refractivity (Wildman–Crippen MR) is 100 cm³/mol. The lowest BCUT2D eigenvalue weighted by atomic mass is 10.2. The van der Waals surface area contributed by atoms with Gasteiger partial charge in [-0.2, -0.15) is 0 Å². The van der Waals surface area contributed by atoms with Gasteiger partial charge in [0, 0.05) is 12.4 Å². The quantitative estimate of drug-likeness (QED) is 0.571. The molecule has 0 atom stereocenters. The number of H-pyrrole nitrogens is 1. The maximum Gasteiger partial charge on any atom is 0.258 e. The molecule has 4 aromatic rings. The Morgan fingerprint density at radius 1 is 1.12 bits per heavy atom. The number of thioether (sulfide) groups is 1. The SMILES string of the molecule is Cc1ccccc1-n1ccnc1SCc1nc2ccccc2c(=O)[nH]1. The fraction of sp³-hybridized carbons (Fsp3) is 0.105. The minimum absolute atomic E-state index is 0.108. The van der Waals surface area contributed by atoms with Gasteiger partial charge in [-0.15, -0.1) is 0 Å². The highest BCUT2D eigenvalue weighted by molar-refractivity contribution is 7.98. The first-order valence-corrected chi connectivity index (χ1v) is 8.91. The van der Waals surface area contributed by atoms with Crippen LogP contribution in [-0.2, 0) is 5.75 Å². The maximum absolute atomic E-state index is 12.2. The highest BCUT2D eigenvalue weighted by Gasteiger charge is 2.10. The first-order valence-electron chi connectivity index (χ1n) is 7.92. The van der Waals surface area contributed by atoms with E-state index in [1.807, 2.05) is 36.5 Å². The lowest BCUT2D eigenvalue weighted by Gasteiger charge is -2.10. The monoisotopic (exact) mass is 348 g/mol. The molecular formula is C19H16N4OS. The van der Waals surface area contributed by atoms with E-state index in [0.717, 1.165) is 10.8 Å². The standard InChI is InChI=1S/C19H16N4OS/c1-13-6-2-5-9-16(13)23-11-10-20-19(23)25-12-17-21-15-8-4-3-7-14(15)18(24)22-17/h2-11H,12H2,1H3,(H,21,22,24). The number of para-hydroxylation sites is 2. The van der Waals surface area contributed by atoms with Crippen LogP contribution in [0.5, 0.6) is 0 Å². The van der Waals surface area contributed by atoms with Crippen molar-refractivity contribution < 1.29 is 0 Å². The normalized spacial score (nSPS) is 11.1. The average Bonchev–Trinajstić information content (AvgIpc) is 3.09. The number of benzene rings is 2. The topological polar surface area (TPSA) is 63.6 Å². The molecule has 0 saturated carbocycles. The third kappa shape index (κ3) is 3.08. The van der Waals surface area contributed by atoms with Gasteiger partial charge in [0.05, 0.1) is 22.3 Å². The van der Waals surface area contributed by atoms with Crippen LogP contribution < -0.4 is 5.56 Å². The van der Waals surface area contributed by atoms with Crippen LogP contribution in [0.15, 0.2) is 70.9 Å². The molecule has 2 aromatic heterocycles. The van der Waals surface area contributed by atoms with Crippen LogP contribution >= 0.6 is 11.8 Å². The summed E-state index contributed by atoms with van der Waals surface area (Å²) < 4.78 is 2.05. The minimum Gasteiger partial charge on any atom is -0.309 e. The Hall–Kier alpha value is -2.86. The lowest BCUT2D eigenvalue weighted by molar-refractivity contribution is 0.885. The first kappa shape index (κ1) is 15.7. The fourth-order valence-electron chi connectivity index (χ4n) is 2.75. The number of hydrogen-bond acceptors (Lipinski definition) is 4. The largest absolute Gasteiger partial charge is 0.309 e. The summed E-state index contributed by atoms with van der Waals surface area (Å²) in [6, 6.07) is 15.5. The highest BCUT2D eigenvalue weighted by atomic mass is 32.2. The van der Waals surface area contributed by atoms with Gasteiger partial charge in [-0.05, 0) is 30.7 Å². The lowest BCUT2D eigenvalue weighted by Crippen LogP contribution is -2.11. The molecule has 0 aliphatic heterocycles. The second kappa shape index (κ2) is 6.57. The van der Waals surface area contributed by atoms with Crippen molar-refractivity contribution in [2.45, 2.75) is 17.8 Å². The molecule has 1 N–H and O–H groups in total. The molecule has 0 aliphatic rings. The number of nitrogens with one attached hydrogen (secondary N) is 1. The van der Waals surface area contributed by atoms with Gasteiger partial charge in [0.1, 0.15) is 5.82 Å². The van der Waals surface area contributed by atoms with Gasteiger partial charge in [-0.1, -0.05) is 42.1 Å². The number of hydrogen-bond donors (Lipinski definition) is 1. The van der Waals surface area contributed by atoms with E-state index in [0.29, 0.717) is 22.5 Å². The number of nitrogens with zero attached hydrogens (tertiary/aromatic N) is 3. The van der Waals surface area contributed by atoms with Crippen LogP contribution in [0.4, 0.5) is 0 Å². The van der Waals surface area contributed by atoms with Crippen LogP contribution in [0.25, 0.3) is 16.6 Å². The van der Waals surface area contributed by atoms with Crippen molar-refractivity contribution in [1.82, 2.24) is 19.5 Å². The van der Waals surface area contributed by atoms with E-state index in [4.69, 9.17) is 0 Å². The van der Waals surface area contributed by atoms with Crippen molar-refractivity contribution >= 4 is 22.7 Å². The second-order valence-electron chi connectivity index (χ2n) is 5.68. The zero-order valence-electron chi connectivity index (χ0n) is 13.6. The Bertz CT molecular complexity index is 1100. The van der Waals surface area contributed by atoms with E-state index >= 15 is 0 Å². The molecule has 2 heterocycles. The number of fused-ring (bicyclic) bond motifs is 1. The molecule has 6 heteroatoms. The van der Waals surface area contributed by atoms with Crippen molar-refractivity contribution in [1.29, 1.82) is 0 Å². The Labute approximate surface area is 148 Å². The molecule has 0 spiro atoms. The molecule has 0 saturated heterocycles. The highest BCUT2D eigenvalue weighted by Crippen LogP contribution is 2.24. The summed E-state index contributed by atoms with van der Waals surface area (Å²) in [5.74, 6) is 1.19. The number of rotatable bonds is 4. The van der Waals surface area contributed by atoms with Gasteiger partial charge in [-0.25, -0.2) is 9.97 Å². The molecule has 2 aromatic carbocycles. The van der Waals surface area contributed by atoms with Crippen LogP contribution in [-0.4, -0.2) is 19.5 Å². The summed E-state index contributed by atoms with van der Waals surface area (Å²) in [5.41, 5.74) is 2.88. The smallest absolute Gasteiger partial charge is 0.258 e.